The fourth-order valence-electron chi connectivity index (χ4n) is 3.00. The fraction of sp³-hybridized carbons (Fsp3) is 0.0909. The normalized spacial score (nSPS) is 10.8. The number of amides is 1. The lowest BCUT2D eigenvalue weighted by molar-refractivity contribution is 0.102. The van der Waals surface area contributed by atoms with E-state index in [1.165, 1.54) is 12.1 Å². The molecule has 1 amide bonds. The number of aromatic nitrogens is 2. The number of rotatable bonds is 4. The first-order chi connectivity index (χ1) is 13.5. The second kappa shape index (κ2) is 7.15. The highest BCUT2D eigenvalue weighted by Gasteiger charge is 2.17. The summed E-state index contributed by atoms with van der Waals surface area (Å²) in [5, 5.41) is 2.95. The van der Waals surface area contributed by atoms with Crippen molar-refractivity contribution < 1.29 is 13.9 Å². The Kier molecular flexibility index (Phi) is 4.53. The second-order valence-electron chi connectivity index (χ2n) is 6.43. The molecule has 6 heteroatoms. The molecule has 4 rings (SSSR count). The predicted molar refractivity (Wildman–Crippen MR) is 106 cm³/mol. The van der Waals surface area contributed by atoms with Crippen molar-refractivity contribution in [1.29, 1.82) is 0 Å². The fourth-order valence-corrected chi connectivity index (χ4v) is 3.00. The summed E-state index contributed by atoms with van der Waals surface area (Å²) in [7, 11) is 1.57. The van der Waals surface area contributed by atoms with E-state index >= 15 is 0 Å². The molecular formula is C22H18FN3O2. The monoisotopic (exact) mass is 375 g/mol. The number of benzene rings is 2. The molecule has 2 aromatic heterocycles. The SMILES string of the molecule is COc1ccc(C(=O)Nc2c(-c3ccc(F)cc3)nc3cc(C)ccn23)cc1. The highest BCUT2D eigenvalue weighted by molar-refractivity contribution is 6.05. The molecule has 0 saturated carbocycles. The van der Waals surface area contributed by atoms with Gasteiger partial charge in [0.25, 0.3) is 5.91 Å². The minimum absolute atomic E-state index is 0.270. The first-order valence-electron chi connectivity index (χ1n) is 8.75. The molecule has 0 aliphatic heterocycles. The van der Waals surface area contributed by atoms with Crippen molar-refractivity contribution in [2.75, 3.05) is 12.4 Å². The third-order valence-electron chi connectivity index (χ3n) is 4.48. The van der Waals surface area contributed by atoms with Gasteiger partial charge in [-0.15, -0.1) is 0 Å². The van der Waals surface area contributed by atoms with Crippen LogP contribution in [0.15, 0.2) is 66.9 Å². The van der Waals surface area contributed by atoms with Gasteiger partial charge >= 0.3 is 0 Å². The summed E-state index contributed by atoms with van der Waals surface area (Å²) in [6, 6.07) is 16.8. The first-order valence-corrected chi connectivity index (χ1v) is 8.75. The van der Waals surface area contributed by atoms with Gasteiger partial charge in [0.05, 0.1) is 7.11 Å². The van der Waals surface area contributed by atoms with Crippen molar-refractivity contribution in [2.24, 2.45) is 0 Å². The van der Waals surface area contributed by atoms with Crippen molar-refractivity contribution in [3.05, 3.63) is 83.8 Å². The quantitative estimate of drug-likeness (QED) is 0.562. The zero-order valence-corrected chi connectivity index (χ0v) is 15.4. The third kappa shape index (κ3) is 3.32. The number of methoxy groups -OCH3 is 1. The molecule has 0 saturated heterocycles. The van der Waals surface area contributed by atoms with Crippen LogP contribution in [0.3, 0.4) is 0 Å². The molecule has 0 bridgehead atoms. The van der Waals surface area contributed by atoms with Crippen LogP contribution >= 0.6 is 0 Å². The zero-order chi connectivity index (χ0) is 19.7. The van der Waals surface area contributed by atoms with Gasteiger partial charge in [-0.25, -0.2) is 9.37 Å². The summed E-state index contributed by atoms with van der Waals surface area (Å²) in [5.74, 6) is 0.608. The number of hydrogen-bond acceptors (Lipinski definition) is 3. The number of nitrogens with one attached hydrogen (secondary N) is 1. The molecule has 0 spiro atoms. The standard InChI is InChI=1S/C22H18FN3O2/c1-14-11-12-26-19(13-14)24-20(15-3-7-17(23)8-4-15)21(26)25-22(27)16-5-9-18(28-2)10-6-16/h3-13H,1-2H3,(H,25,27). The minimum Gasteiger partial charge on any atom is -0.497 e. The van der Waals surface area contributed by atoms with Gasteiger partial charge in [0.2, 0.25) is 0 Å². The maximum atomic E-state index is 13.3. The van der Waals surface area contributed by atoms with E-state index in [-0.39, 0.29) is 11.7 Å². The molecule has 140 valence electrons. The largest absolute Gasteiger partial charge is 0.497 e. The maximum absolute atomic E-state index is 13.3. The van der Waals surface area contributed by atoms with Gasteiger partial charge in [0.15, 0.2) is 0 Å². The highest BCUT2D eigenvalue weighted by Crippen LogP contribution is 2.30. The van der Waals surface area contributed by atoms with Crippen molar-refractivity contribution in [3.8, 4) is 17.0 Å². The number of carbonyl (C=O) groups is 1. The van der Waals surface area contributed by atoms with Crippen LogP contribution in [0.5, 0.6) is 5.75 Å². The summed E-state index contributed by atoms with van der Waals surface area (Å²) < 4.78 is 20.3. The van der Waals surface area contributed by atoms with Crippen LogP contribution in [0.4, 0.5) is 10.2 Å². The van der Waals surface area contributed by atoms with Gasteiger partial charge in [-0.05, 0) is 73.2 Å². The average molecular weight is 375 g/mol. The number of carbonyl (C=O) groups excluding carboxylic acids is 1. The molecule has 1 N–H and O–H groups in total. The van der Waals surface area contributed by atoms with Crippen molar-refractivity contribution in [3.63, 3.8) is 0 Å². The summed E-state index contributed by atoms with van der Waals surface area (Å²) in [4.78, 5) is 17.5. The molecule has 0 fully saturated rings. The van der Waals surface area contributed by atoms with E-state index in [0.717, 1.165) is 5.56 Å². The van der Waals surface area contributed by atoms with Gasteiger partial charge in [-0.2, -0.15) is 0 Å². The molecule has 0 atom stereocenters. The van der Waals surface area contributed by atoms with Gasteiger partial charge in [0, 0.05) is 17.3 Å². The Morgan fingerprint density at radius 1 is 1.07 bits per heavy atom. The van der Waals surface area contributed by atoms with Crippen LogP contribution in [-0.4, -0.2) is 22.4 Å². The van der Waals surface area contributed by atoms with E-state index in [1.807, 2.05) is 29.7 Å². The molecule has 2 aromatic carbocycles. The summed E-state index contributed by atoms with van der Waals surface area (Å²) >= 11 is 0. The number of imidazole rings is 1. The van der Waals surface area contributed by atoms with E-state index in [1.54, 1.807) is 43.5 Å². The number of fused-ring (bicyclic) bond motifs is 1. The number of nitrogens with zero attached hydrogens (tertiary/aromatic N) is 2. The topological polar surface area (TPSA) is 55.6 Å². The van der Waals surface area contributed by atoms with E-state index in [2.05, 4.69) is 10.3 Å². The van der Waals surface area contributed by atoms with E-state index in [9.17, 15) is 9.18 Å². The van der Waals surface area contributed by atoms with Gasteiger partial charge < -0.3 is 10.1 Å². The molecule has 0 aliphatic carbocycles. The maximum Gasteiger partial charge on any atom is 0.256 e. The lowest BCUT2D eigenvalue weighted by Gasteiger charge is -2.09. The van der Waals surface area contributed by atoms with Crippen LogP contribution in [0.1, 0.15) is 15.9 Å². The van der Waals surface area contributed by atoms with Crippen molar-refractivity contribution in [2.45, 2.75) is 6.92 Å². The third-order valence-corrected chi connectivity index (χ3v) is 4.48. The Morgan fingerprint density at radius 3 is 2.46 bits per heavy atom. The summed E-state index contributed by atoms with van der Waals surface area (Å²) in [6.07, 6.45) is 1.86. The van der Waals surface area contributed by atoms with Gasteiger partial charge in [0.1, 0.15) is 28.7 Å². The number of ether oxygens (including phenoxy) is 1. The predicted octanol–water partition coefficient (Wildman–Crippen LogP) is 4.71. The number of halogens is 1. The summed E-state index contributed by atoms with van der Waals surface area (Å²) in [5.41, 5.74) is 3.54. The molecule has 0 unspecified atom stereocenters. The Bertz CT molecular complexity index is 1150. The Labute approximate surface area is 161 Å². The van der Waals surface area contributed by atoms with Crippen molar-refractivity contribution >= 4 is 17.4 Å². The molecule has 28 heavy (non-hydrogen) atoms. The van der Waals surface area contributed by atoms with E-state index in [0.29, 0.717) is 34.0 Å². The highest BCUT2D eigenvalue weighted by atomic mass is 19.1. The lowest BCUT2D eigenvalue weighted by Crippen LogP contribution is -2.14. The van der Waals surface area contributed by atoms with Gasteiger partial charge in [-0.3, -0.25) is 9.20 Å². The smallest absolute Gasteiger partial charge is 0.256 e. The molecule has 2 heterocycles. The van der Waals surface area contributed by atoms with Crippen LogP contribution in [0, 0.1) is 12.7 Å². The second-order valence-corrected chi connectivity index (χ2v) is 6.43. The molecule has 0 radical (unpaired) electrons. The van der Waals surface area contributed by atoms with Gasteiger partial charge in [-0.1, -0.05) is 0 Å². The number of anilines is 1. The van der Waals surface area contributed by atoms with Crippen LogP contribution in [-0.2, 0) is 0 Å². The molecule has 4 aromatic rings. The zero-order valence-electron chi connectivity index (χ0n) is 15.4. The minimum atomic E-state index is -0.327. The average Bonchev–Trinajstić information content (AvgIpc) is 3.06. The summed E-state index contributed by atoms with van der Waals surface area (Å²) in [6.45, 7) is 1.97. The van der Waals surface area contributed by atoms with Crippen LogP contribution < -0.4 is 10.1 Å². The number of hydrogen-bond donors (Lipinski definition) is 1. The molecule has 0 aliphatic rings. The van der Waals surface area contributed by atoms with E-state index in [4.69, 9.17) is 4.74 Å². The number of pyridine rings is 1. The molecular weight excluding hydrogens is 357 g/mol. The molecule has 5 nitrogen and oxygen atoms in total. The van der Waals surface area contributed by atoms with Crippen molar-refractivity contribution in [1.82, 2.24) is 9.38 Å². The Morgan fingerprint density at radius 2 is 1.79 bits per heavy atom. The number of aryl methyl sites for hydroxylation is 1. The first kappa shape index (κ1) is 17.7. The Balaban J connectivity index is 1.78. The van der Waals surface area contributed by atoms with Crippen LogP contribution in [0.2, 0.25) is 0 Å². The Hall–Kier alpha value is -3.67. The lowest BCUT2D eigenvalue weighted by atomic mass is 10.1. The van der Waals surface area contributed by atoms with E-state index < -0.39 is 0 Å². The van der Waals surface area contributed by atoms with Crippen LogP contribution in [0.25, 0.3) is 16.9 Å².